The van der Waals surface area contributed by atoms with E-state index in [4.69, 9.17) is 18.9 Å². The largest absolute Gasteiger partial charge is 0.497 e. The van der Waals surface area contributed by atoms with E-state index in [-0.39, 0.29) is 34.8 Å². The molecule has 0 bridgehead atoms. The van der Waals surface area contributed by atoms with Gasteiger partial charge in [0.05, 0.1) is 44.2 Å². The van der Waals surface area contributed by atoms with Crippen molar-refractivity contribution in [2.24, 2.45) is 0 Å². The second-order valence-electron chi connectivity index (χ2n) is 11.9. The molecule has 8 nitrogen and oxygen atoms in total. The summed E-state index contributed by atoms with van der Waals surface area (Å²) in [6, 6.07) is 33.1. The first kappa shape index (κ1) is 32.3. The summed E-state index contributed by atoms with van der Waals surface area (Å²) < 4.78 is 38.9. The third kappa shape index (κ3) is 5.98. The summed E-state index contributed by atoms with van der Waals surface area (Å²) in [7, 11) is 4.60. The van der Waals surface area contributed by atoms with E-state index in [1.807, 2.05) is 72.9 Å². The Kier molecular flexibility index (Phi) is 8.87. The summed E-state index contributed by atoms with van der Waals surface area (Å²) in [6.07, 6.45) is 1.72. The Bertz CT molecular complexity index is 2310. The van der Waals surface area contributed by atoms with Crippen molar-refractivity contribution in [3.05, 3.63) is 159 Å². The van der Waals surface area contributed by atoms with Crippen LogP contribution in [0.15, 0.2) is 120 Å². The standard InChI is InChI=1S/C41H35FN2O6/c1-47-31-19-16-29(33(22-31)48-2)24-44-40(45)34-35(41(44)46)39(49-3)36-32(21-26(23-43-36)20-25-14-17-30(42)18-15-25)38(34)50-37(27-10-6-4-7-11-27)28-12-8-5-9-13-28/h4-19,21-23,37,43,46H,20,24H2,1-3H3. The summed E-state index contributed by atoms with van der Waals surface area (Å²) in [5, 5.41) is 12.8. The molecular formula is C41H35FN2O6. The Morgan fingerprint density at radius 1 is 0.760 bits per heavy atom. The van der Waals surface area contributed by atoms with Gasteiger partial charge in [-0.25, -0.2) is 4.39 Å². The Morgan fingerprint density at radius 3 is 2.06 bits per heavy atom. The van der Waals surface area contributed by atoms with E-state index < -0.39 is 11.7 Å². The van der Waals surface area contributed by atoms with E-state index in [1.54, 1.807) is 37.4 Å². The minimum Gasteiger partial charge on any atom is -0.497 e. The van der Waals surface area contributed by atoms with Crippen molar-refractivity contribution >= 4 is 21.7 Å². The van der Waals surface area contributed by atoms with Gasteiger partial charge < -0.3 is 29.0 Å². The molecule has 9 heteroatoms. The van der Waals surface area contributed by atoms with Crippen LogP contribution in [0.1, 0.15) is 33.9 Å². The maximum atomic E-state index is 14.6. The van der Waals surface area contributed by atoms with E-state index in [0.29, 0.717) is 40.1 Å². The Labute approximate surface area is 287 Å². The first-order valence-electron chi connectivity index (χ1n) is 16.1. The second-order valence-corrected chi connectivity index (χ2v) is 11.9. The minimum absolute atomic E-state index is 0.00574. The molecule has 0 spiro atoms. The number of aromatic amines is 1. The highest BCUT2D eigenvalue weighted by molar-refractivity contribution is 6.12. The predicted molar refractivity (Wildman–Crippen MR) is 191 cm³/mol. The van der Waals surface area contributed by atoms with Gasteiger partial charge in [-0.3, -0.25) is 9.36 Å². The van der Waals surface area contributed by atoms with Gasteiger partial charge in [0.1, 0.15) is 29.2 Å². The minimum atomic E-state index is -0.607. The summed E-state index contributed by atoms with van der Waals surface area (Å²) in [6.45, 7) is 0.00574. The van der Waals surface area contributed by atoms with Crippen molar-refractivity contribution in [1.82, 2.24) is 9.55 Å². The summed E-state index contributed by atoms with van der Waals surface area (Å²) >= 11 is 0. The van der Waals surface area contributed by atoms with Crippen LogP contribution in [0.5, 0.6) is 28.9 Å². The smallest absolute Gasteiger partial charge is 0.265 e. The fourth-order valence-electron chi connectivity index (χ4n) is 6.45. The molecular weight excluding hydrogens is 635 g/mol. The summed E-state index contributed by atoms with van der Waals surface area (Å²) in [5.41, 5.74) is 4.25. The zero-order chi connectivity index (χ0) is 34.8. The lowest BCUT2D eigenvalue weighted by molar-refractivity contribution is 0.253. The number of hydrogen-bond acceptors (Lipinski definition) is 6. The Balaban J connectivity index is 1.49. The molecule has 0 saturated heterocycles. The number of halogens is 1. The topological polar surface area (TPSA) is 94.9 Å². The van der Waals surface area contributed by atoms with Crippen LogP contribution >= 0.6 is 0 Å². The average Bonchev–Trinajstić information content (AvgIpc) is 3.40. The summed E-state index contributed by atoms with van der Waals surface area (Å²) in [5.74, 6) is 1.09. The average molecular weight is 671 g/mol. The number of nitrogens with one attached hydrogen (secondary N) is 1. The number of nitrogens with zero attached hydrogens (tertiary/aromatic N) is 1. The highest BCUT2D eigenvalue weighted by Crippen LogP contribution is 2.47. The van der Waals surface area contributed by atoms with Crippen LogP contribution in [0, 0.1) is 5.82 Å². The number of benzene rings is 5. The first-order valence-corrected chi connectivity index (χ1v) is 16.1. The molecule has 2 heterocycles. The number of hydrogen-bond donors (Lipinski definition) is 2. The zero-order valence-corrected chi connectivity index (χ0v) is 27.8. The maximum Gasteiger partial charge on any atom is 0.265 e. The number of methoxy groups -OCH3 is 3. The molecule has 252 valence electrons. The van der Waals surface area contributed by atoms with Crippen LogP contribution in [-0.2, 0) is 13.0 Å². The van der Waals surface area contributed by atoms with Crippen molar-refractivity contribution in [3.8, 4) is 28.9 Å². The molecule has 0 aliphatic rings. The van der Waals surface area contributed by atoms with Crippen LogP contribution in [0.4, 0.5) is 4.39 Å². The number of aromatic nitrogens is 2. The molecule has 0 saturated carbocycles. The molecule has 0 atom stereocenters. The van der Waals surface area contributed by atoms with Crippen molar-refractivity contribution in [2.75, 3.05) is 21.3 Å². The zero-order valence-electron chi connectivity index (χ0n) is 27.8. The van der Waals surface area contributed by atoms with Crippen LogP contribution < -0.4 is 24.5 Å². The van der Waals surface area contributed by atoms with Gasteiger partial charge in [-0.2, -0.15) is 0 Å². The Morgan fingerprint density at radius 2 is 1.44 bits per heavy atom. The van der Waals surface area contributed by atoms with Crippen LogP contribution in [0.25, 0.3) is 21.7 Å². The quantitative estimate of drug-likeness (QED) is 0.144. The number of H-pyrrole nitrogens is 1. The number of rotatable bonds is 11. The monoisotopic (exact) mass is 670 g/mol. The van der Waals surface area contributed by atoms with Crippen LogP contribution in [0.3, 0.4) is 0 Å². The van der Waals surface area contributed by atoms with Gasteiger partial charge >= 0.3 is 0 Å². The SMILES string of the molecule is COc1ccc(Cn2c(O)c3c(OC)c4[nH]cc(Cc5ccc(F)cc5)cc4c(OC(c4ccccc4)c4ccccc4)c3c2=O)c(OC)c1. The normalized spacial score (nSPS) is 11.3. The van der Waals surface area contributed by atoms with E-state index in [2.05, 4.69) is 4.98 Å². The molecule has 2 aromatic heterocycles. The number of ether oxygens (including phenoxy) is 4. The molecule has 7 aromatic rings. The van der Waals surface area contributed by atoms with E-state index in [1.165, 1.54) is 30.9 Å². The van der Waals surface area contributed by atoms with Gasteiger partial charge in [-0.15, -0.1) is 0 Å². The third-order valence-corrected chi connectivity index (χ3v) is 8.90. The van der Waals surface area contributed by atoms with Gasteiger partial charge in [0.2, 0.25) is 5.88 Å². The molecule has 50 heavy (non-hydrogen) atoms. The molecule has 2 N–H and O–H groups in total. The third-order valence-electron chi connectivity index (χ3n) is 8.90. The van der Waals surface area contributed by atoms with Crippen LogP contribution in [0.2, 0.25) is 0 Å². The van der Waals surface area contributed by atoms with Gasteiger partial charge in [-0.1, -0.05) is 72.8 Å². The number of pyridine rings is 1. The van der Waals surface area contributed by atoms with Crippen LogP contribution in [-0.4, -0.2) is 36.0 Å². The fraction of sp³-hybridized carbons (Fsp3) is 0.146. The van der Waals surface area contributed by atoms with Gasteiger partial charge in [0, 0.05) is 23.2 Å². The lowest BCUT2D eigenvalue weighted by atomic mass is 9.99. The molecule has 0 amide bonds. The lowest BCUT2D eigenvalue weighted by Gasteiger charge is -2.23. The molecule has 0 unspecified atom stereocenters. The van der Waals surface area contributed by atoms with Gasteiger partial charge in [-0.05, 0) is 59.0 Å². The second kappa shape index (κ2) is 13.7. The molecule has 7 rings (SSSR count). The first-order chi connectivity index (χ1) is 24.4. The Hall–Kier alpha value is -6.22. The highest BCUT2D eigenvalue weighted by atomic mass is 19.1. The highest BCUT2D eigenvalue weighted by Gasteiger charge is 2.29. The molecule has 0 fully saturated rings. The van der Waals surface area contributed by atoms with E-state index >= 15 is 0 Å². The van der Waals surface area contributed by atoms with Crippen molar-refractivity contribution in [3.63, 3.8) is 0 Å². The predicted octanol–water partition coefficient (Wildman–Crippen LogP) is 8.16. The van der Waals surface area contributed by atoms with Crippen molar-refractivity contribution in [1.29, 1.82) is 0 Å². The molecule has 0 aliphatic carbocycles. The maximum absolute atomic E-state index is 14.6. The van der Waals surface area contributed by atoms with Gasteiger partial charge in [0.15, 0.2) is 5.75 Å². The summed E-state index contributed by atoms with van der Waals surface area (Å²) in [4.78, 5) is 18.0. The molecule has 0 radical (unpaired) electrons. The molecule has 5 aromatic carbocycles. The van der Waals surface area contributed by atoms with E-state index in [0.717, 1.165) is 22.3 Å². The van der Waals surface area contributed by atoms with Crippen molar-refractivity contribution < 1.29 is 28.4 Å². The number of aromatic hydroxyl groups is 1. The molecule has 0 aliphatic heterocycles. The van der Waals surface area contributed by atoms with E-state index in [9.17, 15) is 14.3 Å². The number of fused-ring (bicyclic) bond motifs is 2. The fourth-order valence-corrected chi connectivity index (χ4v) is 6.45. The van der Waals surface area contributed by atoms with Gasteiger partial charge in [0.25, 0.3) is 5.56 Å². The lowest BCUT2D eigenvalue weighted by Crippen LogP contribution is -2.17. The van der Waals surface area contributed by atoms with Crippen molar-refractivity contribution in [2.45, 2.75) is 19.1 Å².